The summed E-state index contributed by atoms with van der Waals surface area (Å²) in [5, 5.41) is 8.58. The van der Waals surface area contributed by atoms with Crippen LogP contribution in [0.4, 0.5) is 5.69 Å². The maximum Gasteiger partial charge on any atom is 0.328 e. The monoisotopic (exact) mass is 304 g/mol. The molecule has 110 valence electrons. The molecule has 1 aromatic carbocycles. The maximum atomic E-state index is 11.4. The molecule has 1 atom stereocenters. The number of hydrogen-bond acceptors (Lipinski definition) is 7. The Balaban J connectivity index is 2.67. The third-order valence-corrected chi connectivity index (χ3v) is 3.47. The van der Waals surface area contributed by atoms with Gasteiger partial charge in [0.15, 0.2) is 5.25 Å². The van der Waals surface area contributed by atoms with Crippen molar-refractivity contribution in [2.45, 2.75) is 11.9 Å². The highest BCUT2D eigenvalue weighted by molar-refractivity contribution is 7.87. The van der Waals surface area contributed by atoms with Gasteiger partial charge in [0.2, 0.25) is 0 Å². The van der Waals surface area contributed by atoms with Crippen LogP contribution in [0.5, 0.6) is 0 Å². The van der Waals surface area contributed by atoms with Crippen molar-refractivity contribution in [3.05, 3.63) is 39.9 Å². The number of hydrogen-bond donors (Lipinski definition) is 2. The molecule has 3 N–H and O–H groups in total. The molecule has 0 saturated heterocycles. The van der Waals surface area contributed by atoms with Crippen molar-refractivity contribution in [1.82, 2.24) is 0 Å². The van der Waals surface area contributed by atoms with Crippen LogP contribution >= 0.6 is 0 Å². The molecule has 0 spiro atoms. The van der Waals surface area contributed by atoms with Gasteiger partial charge in [0.1, 0.15) is 6.61 Å². The van der Waals surface area contributed by atoms with Gasteiger partial charge in [-0.3, -0.25) is 19.5 Å². The minimum atomic E-state index is -4.63. The summed E-state index contributed by atoms with van der Waals surface area (Å²) in [7, 11) is -4.63. The number of nitrogens with two attached hydrogens (primary N) is 1. The van der Waals surface area contributed by atoms with E-state index in [4.69, 9.17) is 10.3 Å². The third kappa shape index (κ3) is 4.26. The van der Waals surface area contributed by atoms with E-state index in [0.29, 0.717) is 5.56 Å². The normalized spacial score (nSPS) is 12.7. The maximum absolute atomic E-state index is 11.4. The van der Waals surface area contributed by atoms with E-state index >= 15 is 0 Å². The summed E-state index contributed by atoms with van der Waals surface area (Å²) in [6.07, 6.45) is 0. The zero-order valence-electron chi connectivity index (χ0n) is 10.1. The molecule has 1 aromatic rings. The molecule has 10 heteroatoms. The summed E-state index contributed by atoms with van der Waals surface area (Å²) >= 11 is 0. The summed E-state index contributed by atoms with van der Waals surface area (Å²) in [6.45, 7) is -0.902. The first-order chi connectivity index (χ1) is 9.25. The average Bonchev–Trinajstić information content (AvgIpc) is 2.36. The second kappa shape index (κ2) is 6.41. The number of carbonyl (C=O) groups excluding carboxylic acids is 1. The van der Waals surface area contributed by atoms with E-state index in [-0.39, 0.29) is 12.3 Å². The molecule has 0 fully saturated rings. The molecular weight excluding hydrogens is 292 g/mol. The zero-order valence-corrected chi connectivity index (χ0v) is 10.9. The fourth-order valence-electron chi connectivity index (χ4n) is 1.30. The zero-order chi connectivity index (χ0) is 15.3. The fraction of sp³-hybridized carbons (Fsp3) is 0.300. The van der Waals surface area contributed by atoms with Gasteiger partial charge >= 0.3 is 5.97 Å². The second-order valence-electron chi connectivity index (χ2n) is 3.77. The number of benzene rings is 1. The number of nitro groups is 1. The van der Waals surface area contributed by atoms with Crippen LogP contribution < -0.4 is 5.73 Å². The van der Waals surface area contributed by atoms with Gasteiger partial charge in [0.05, 0.1) is 4.92 Å². The SMILES string of the molecule is NCC(C(=O)OCc1ccc([N+](=O)[O-])cc1)S(=O)(=O)O. The lowest BCUT2D eigenvalue weighted by molar-refractivity contribution is -0.384. The first-order valence-electron chi connectivity index (χ1n) is 5.32. The number of nitro benzene ring substituents is 1. The summed E-state index contributed by atoms with van der Waals surface area (Å²) in [5.74, 6) is -1.19. The Morgan fingerprint density at radius 1 is 1.40 bits per heavy atom. The topological polar surface area (TPSA) is 150 Å². The second-order valence-corrected chi connectivity index (χ2v) is 5.37. The van der Waals surface area contributed by atoms with Crippen LogP contribution in [-0.4, -0.2) is 35.7 Å². The van der Waals surface area contributed by atoms with E-state index in [1.54, 1.807) is 0 Å². The van der Waals surface area contributed by atoms with E-state index in [0.717, 1.165) is 0 Å². The average molecular weight is 304 g/mol. The summed E-state index contributed by atoms with van der Waals surface area (Å²) in [5.41, 5.74) is 5.37. The van der Waals surface area contributed by atoms with E-state index in [9.17, 15) is 23.3 Å². The van der Waals surface area contributed by atoms with E-state index < -0.39 is 32.8 Å². The van der Waals surface area contributed by atoms with E-state index in [1.165, 1.54) is 24.3 Å². The minimum Gasteiger partial charge on any atom is -0.460 e. The lowest BCUT2D eigenvalue weighted by Crippen LogP contribution is -2.38. The van der Waals surface area contributed by atoms with Gasteiger partial charge in [0, 0.05) is 18.7 Å². The predicted molar refractivity (Wildman–Crippen MR) is 67.3 cm³/mol. The van der Waals surface area contributed by atoms with Crippen LogP contribution in [-0.2, 0) is 26.3 Å². The standard InChI is InChI=1S/C10H12N2O7S/c11-5-9(20(16,17)18)10(13)19-6-7-1-3-8(4-2-7)12(14)15/h1-4,9H,5-6,11H2,(H,16,17,18). The number of non-ortho nitro benzene ring substituents is 1. The number of nitrogens with zero attached hydrogens (tertiary/aromatic N) is 1. The van der Waals surface area contributed by atoms with Crippen molar-refractivity contribution in [3.63, 3.8) is 0 Å². The van der Waals surface area contributed by atoms with Crippen molar-refractivity contribution in [2.75, 3.05) is 6.54 Å². The van der Waals surface area contributed by atoms with Gasteiger partial charge < -0.3 is 10.5 Å². The number of ether oxygens (including phenoxy) is 1. The summed E-state index contributed by atoms with van der Waals surface area (Å²) in [4.78, 5) is 21.3. The molecule has 0 bridgehead atoms. The molecule has 9 nitrogen and oxygen atoms in total. The molecule has 1 rings (SSSR count). The molecule has 0 saturated carbocycles. The third-order valence-electron chi connectivity index (χ3n) is 2.36. The molecule has 1 unspecified atom stereocenters. The van der Waals surface area contributed by atoms with E-state index in [2.05, 4.69) is 4.74 Å². The number of rotatable bonds is 6. The van der Waals surface area contributed by atoms with Crippen molar-refractivity contribution >= 4 is 21.8 Å². The molecule has 0 amide bonds. The lowest BCUT2D eigenvalue weighted by atomic mass is 10.2. The number of esters is 1. The highest BCUT2D eigenvalue weighted by atomic mass is 32.2. The molecule has 0 aliphatic rings. The van der Waals surface area contributed by atoms with Crippen LogP contribution in [0.2, 0.25) is 0 Å². The van der Waals surface area contributed by atoms with Crippen molar-refractivity contribution < 1.29 is 27.4 Å². The molecule has 0 aromatic heterocycles. The molecule has 0 aliphatic heterocycles. The van der Waals surface area contributed by atoms with Gasteiger partial charge in [-0.1, -0.05) is 0 Å². The van der Waals surface area contributed by atoms with Gasteiger partial charge in [-0.25, -0.2) is 0 Å². The Bertz CT molecular complexity index is 597. The van der Waals surface area contributed by atoms with Crippen LogP contribution in [0.1, 0.15) is 5.56 Å². The Morgan fingerprint density at radius 2 is 1.95 bits per heavy atom. The molecule has 0 heterocycles. The quantitative estimate of drug-likeness (QED) is 0.319. The Morgan fingerprint density at radius 3 is 2.35 bits per heavy atom. The first-order valence-corrected chi connectivity index (χ1v) is 6.82. The van der Waals surface area contributed by atoms with Crippen LogP contribution in [0.3, 0.4) is 0 Å². The number of carbonyl (C=O) groups is 1. The summed E-state index contributed by atoms with van der Waals surface area (Å²) in [6, 6.07) is 5.14. The van der Waals surface area contributed by atoms with Gasteiger partial charge in [-0.2, -0.15) is 8.42 Å². The fourth-order valence-corrected chi connectivity index (χ4v) is 1.86. The minimum absolute atomic E-state index is 0.127. The molecular formula is C10H12N2O7S. The Labute approximate surface area is 114 Å². The van der Waals surface area contributed by atoms with Crippen LogP contribution in [0.25, 0.3) is 0 Å². The van der Waals surface area contributed by atoms with Crippen molar-refractivity contribution in [3.8, 4) is 0 Å². The predicted octanol–water partition coefficient (Wildman–Crippen LogP) is -0.147. The Kier molecular flexibility index (Phi) is 5.13. The molecule has 0 radical (unpaired) electrons. The van der Waals surface area contributed by atoms with Gasteiger partial charge in [0.25, 0.3) is 15.8 Å². The largest absolute Gasteiger partial charge is 0.460 e. The van der Waals surface area contributed by atoms with Crippen molar-refractivity contribution in [1.29, 1.82) is 0 Å². The summed E-state index contributed by atoms with van der Waals surface area (Å²) < 4.78 is 35.1. The van der Waals surface area contributed by atoms with E-state index in [1.807, 2.05) is 0 Å². The highest BCUT2D eigenvalue weighted by Gasteiger charge is 2.31. The van der Waals surface area contributed by atoms with Gasteiger partial charge in [-0.05, 0) is 17.7 Å². The first kappa shape index (κ1) is 16.0. The van der Waals surface area contributed by atoms with Crippen LogP contribution in [0.15, 0.2) is 24.3 Å². The Hall–Kier alpha value is -2.04. The highest BCUT2D eigenvalue weighted by Crippen LogP contribution is 2.13. The van der Waals surface area contributed by atoms with Crippen molar-refractivity contribution in [2.24, 2.45) is 5.73 Å². The lowest BCUT2D eigenvalue weighted by Gasteiger charge is -2.11. The smallest absolute Gasteiger partial charge is 0.328 e. The molecule has 20 heavy (non-hydrogen) atoms. The molecule has 0 aliphatic carbocycles. The van der Waals surface area contributed by atoms with Gasteiger partial charge in [-0.15, -0.1) is 0 Å². The van der Waals surface area contributed by atoms with Crippen LogP contribution in [0, 0.1) is 10.1 Å².